The fourth-order valence-electron chi connectivity index (χ4n) is 3.82. The van der Waals surface area contributed by atoms with Crippen LogP contribution in [0.25, 0.3) is 0 Å². The van der Waals surface area contributed by atoms with Gasteiger partial charge in [-0.3, -0.25) is 24.6 Å². The molecule has 7 heteroatoms. The molecule has 0 aromatic heterocycles. The van der Waals surface area contributed by atoms with E-state index in [1.807, 2.05) is 51.1 Å². The molecule has 1 aliphatic rings. The second-order valence-electron chi connectivity index (χ2n) is 8.04. The molecule has 32 heavy (non-hydrogen) atoms. The Morgan fingerprint density at radius 3 is 2.25 bits per heavy atom. The SMILES string of the molecule is CCC(CC)C(=O)NN(C(=O)Cc1ccccc1)C1CC(=O)N(c2ccc(C)cc2)C1=O. The molecule has 3 rings (SSSR count). The highest BCUT2D eigenvalue weighted by atomic mass is 16.2. The second-order valence-corrected chi connectivity index (χ2v) is 8.04. The first-order valence-electron chi connectivity index (χ1n) is 11.0. The van der Waals surface area contributed by atoms with E-state index < -0.39 is 23.8 Å². The number of carbonyl (C=O) groups is 4. The van der Waals surface area contributed by atoms with Crippen molar-refractivity contribution in [3.8, 4) is 0 Å². The molecule has 1 atom stereocenters. The Balaban J connectivity index is 1.88. The van der Waals surface area contributed by atoms with Gasteiger partial charge in [0.2, 0.25) is 17.7 Å². The Labute approximate surface area is 188 Å². The average molecular weight is 436 g/mol. The zero-order chi connectivity index (χ0) is 23.3. The highest BCUT2D eigenvalue weighted by molar-refractivity contribution is 6.23. The van der Waals surface area contributed by atoms with Crippen LogP contribution in [0.15, 0.2) is 54.6 Å². The van der Waals surface area contributed by atoms with Crippen molar-refractivity contribution in [3.63, 3.8) is 0 Å². The standard InChI is InChI=1S/C25H29N3O4/c1-4-19(5-2)24(31)26-28(23(30)15-18-9-7-6-8-10-18)21-16-22(29)27(25(21)32)20-13-11-17(3)12-14-20/h6-14,19,21H,4-5,15-16H2,1-3H3,(H,26,31). The predicted octanol–water partition coefficient (Wildman–Crippen LogP) is 3.17. The van der Waals surface area contributed by atoms with Crippen LogP contribution >= 0.6 is 0 Å². The van der Waals surface area contributed by atoms with Gasteiger partial charge in [0.15, 0.2) is 0 Å². The van der Waals surface area contributed by atoms with Crippen LogP contribution < -0.4 is 10.3 Å². The van der Waals surface area contributed by atoms with Gasteiger partial charge in [-0.25, -0.2) is 9.91 Å². The first-order chi connectivity index (χ1) is 15.3. The number of nitrogens with zero attached hydrogens (tertiary/aromatic N) is 2. The third-order valence-electron chi connectivity index (χ3n) is 5.78. The summed E-state index contributed by atoms with van der Waals surface area (Å²) in [5, 5.41) is 1.07. The number of hydrogen-bond donors (Lipinski definition) is 1. The molecular formula is C25H29N3O4. The molecule has 1 saturated heterocycles. The smallest absolute Gasteiger partial charge is 0.259 e. The number of carbonyl (C=O) groups excluding carboxylic acids is 4. The second kappa shape index (κ2) is 10.2. The van der Waals surface area contributed by atoms with Crippen molar-refractivity contribution in [3.05, 3.63) is 65.7 Å². The third kappa shape index (κ3) is 5.04. The normalized spacial score (nSPS) is 15.9. The quantitative estimate of drug-likeness (QED) is 0.535. The molecule has 7 nitrogen and oxygen atoms in total. The Morgan fingerprint density at radius 2 is 1.66 bits per heavy atom. The Hall–Kier alpha value is -3.48. The maximum Gasteiger partial charge on any atom is 0.259 e. The Morgan fingerprint density at radius 1 is 1.03 bits per heavy atom. The summed E-state index contributed by atoms with van der Waals surface area (Å²) in [5.41, 5.74) is 4.87. The molecular weight excluding hydrogens is 406 g/mol. The molecule has 168 valence electrons. The van der Waals surface area contributed by atoms with Gasteiger partial charge in [-0.1, -0.05) is 61.9 Å². The van der Waals surface area contributed by atoms with E-state index in [0.29, 0.717) is 18.5 Å². The molecule has 4 amide bonds. The summed E-state index contributed by atoms with van der Waals surface area (Å²) in [4.78, 5) is 53.1. The molecule has 1 fully saturated rings. The lowest BCUT2D eigenvalue weighted by Gasteiger charge is -2.29. The van der Waals surface area contributed by atoms with Gasteiger partial charge in [0.05, 0.1) is 18.5 Å². The minimum absolute atomic E-state index is 0.00649. The number of benzene rings is 2. The summed E-state index contributed by atoms with van der Waals surface area (Å²) in [6.45, 7) is 5.71. The van der Waals surface area contributed by atoms with Crippen molar-refractivity contribution >= 4 is 29.3 Å². The predicted molar refractivity (Wildman–Crippen MR) is 121 cm³/mol. The van der Waals surface area contributed by atoms with Crippen LogP contribution in [0.1, 0.15) is 44.2 Å². The molecule has 1 aliphatic heterocycles. The van der Waals surface area contributed by atoms with Crippen molar-refractivity contribution in [2.75, 3.05) is 4.90 Å². The summed E-state index contributed by atoms with van der Waals surface area (Å²) in [6, 6.07) is 15.0. The highest BCUT2D eigenvalue weighted by Gasteiger charge is 2.45. The largest absolute Gasteiger partial charge is 0.274 e. The number of rotatable bonds is 7. The van der Waals surface area contributed by atoms with Gasteiger partial charge in [0.25, 0.3) is 5.91 Å². The lowest BCUT2D eigenvalue weighted by molar-refractivity contribution is -0.148. The average Bonchev–Trinajstić information content (AvgIpc) is 3.08. The van der Waals surface area contributed by atoms with Crippen LogP contribution in [0, 0.1) is 12.8 Å². The monoisotopic (exact) mass is 435 g/mol. The number of nitrogens with one attached hydrogen (secondary N) is 1. The molecule has 2 aromatic rings. The molecule has 0 spiro atoms. The van der Waals surface area contributed by atoms with Gasteiger partial charge >= 0.3 is 0 Å². The first-order valence-corrected chi connectivity index (χ1v) is 11.0. The van der Waals surface area contributed by atoms with Gasteiger partial charge in [0, 0.05) is 5.92 Å². The van der Waals surface area contributed by atoms with E-state index >= 15 is 0 Å². The Bertz CT molecular complexity index is 984. The lowest BCUT2D eigenvalue weighted by Crippen LogP contribution is -2.56. The first kappa shape index (κ1) is 23.2. The minimum atomic E-state index is -1.08. The summed E-state index contributed by atoms with van der Waals surface area (Å²) in [6.07, 6.45) is 1.04. The van der Waals surface area contributed by atoms with Crippen LogP contribution in [-0.4, -0.2) is 34.7 Å². The zero-order valence-electron chi connectivity index (χ0n) is 18.7. The molecule has 2 aromatic carbocycles. The molecule has 0 radical (unpaired) electrons. The summed E-state index contributed by atoms with van der Waals surface area (Å²) < 4.78 is 0. The van der Waals surface area contributed by atoms with Crippen LogP contribution in [0.5, 0.6) is 0 Å². The maximum atomic E-state index is 13.2. The van der Waals surface area contributed by atoms with Crippen LogP contribution in [0.3, 0.4) is 0 Å². The highest BCUT2D eigenvalue weighted by Crippen LogP contribution is 2.26. The molecule has 1 N–H and O–H groups in total. The molecule has 0 saturated carbocycles. The number of hydrazine groups is 1. The van der Waals surface area contributed by atoms with Gasteiger partial charge in [-0.15, -0.1) is 0 Å². The van der Waals surface area contributed by atoms with E-state index in [9.17, 15) is 19.2 Å². The van der Waals surface area contributed by atoms with Crippen LogP contribution in [0.4, 0.5) is 5.69 Å². The van der Waals surface area contributed by atoms with Gasteiger partial charge in [0.1, 0.15) is 6.04 Å². The summed E-state index contributed by atoms with van der Waals surface area (Å²) in [7, 11) is 0. The van der Waals surface area contributed by atoms with Gasteiger partial charge < -0.3 is 0 Å². The van der Waals surface area contributed by atoms with E-state index in [1.54, 1.807) is 24.3 Å². The number of anilines is 1. The fourth-order valence-corrected chi connectivity index (χ4v) is 3.82. The Kier molecular flexibility index (Phi) is 7.41. The summed E-state index contributed by atoms with van der Waals surface area (Å²) >= 11 is 0. The van der Waals surface area contributed by atoms with E-state index in [0.717, 1.165) is 21.0 Å². The number of imide groups is 1. The van der Waals surface area contributed by atoms with E-state index in [-0.39, 0.29) is 24.7 Å². The van der Waals surface area contributed by atoms with Crippen molar-refractivity contribution in [2.24, 2.45) is 5.92 Å². The topological polar surface area (TPSA) is 86.8 Å². The molecule has 1 heterocycles. The lowest BCUT2D eigenvalue weighted by atomic mass is 10.0. The molecule has 0 bridgehead atoms. The summed E-state index contributed by atoms with van der Waals surface area (Å²) in [5.74, 6) is -1.98. The molecule has 0 aliphatic carbocycles. The maximum absolute atomic E-state index is 13.2. The zero-order valence-corrected chi connectivity index (χ0v) is 18.7. The van der Waals surface area contributed by atoms with Crippen LogP contribution in [-0.2, 0) is 25.6 Å². The number of amides is 4. The van der Waals surface area contributed by atoms with E-state index in [1.165, 1.54) is 0 Å². The minimum Gasteiger partial charge on any atom is -0.274 e. The van der Waals surface area contributed by atoms with Crippen molar-refractivity contribution < 1.29 is 19.2 Å². The third-order valence-corrected chi connectivity index (χ3v) is 5.78. The fraction of sp³-hybridized carbons (Fsp3) is 0.360. The van der Waals surface area contributed by atoms with Crippen molar-refractivity contribution in [2.45, 2.75) is 52.5 Å². The van der Waals surface area contributed by atoms with E-state index in [4.69, 9.17) is 0 Å². The van der Waals surface area contributed by atoms with Gasteiger partial charge in [-0.2, -0.15) is 0 Å². The number of aryl methyl sites for hydroxylation is 1. The van der Waals surface area contributed by atoms with Gasteiger partial charge in [-0.05, 0) is 37.5 Å². The van der Waals surface area contributed by atoms with E-state index in [2.05, 4.69) is 5.43 Å². The van der Waals surface area contributed by atoms with Crippen molar-refractivity contribution in [1.29, 1.82) is 0 Å². The van der Waals surface area contributed by atoms with Crippen molar-refractivity contribution in [1.82, 2.24) is 10.4 Å². The van der Waals surface area contributed by atoms with Crippen LogP contribution in [0.2, 0.25) is 0 Å². The number of hydrogen-bond acceptors (Lipinski definition) is 4. The molecule has 1 unspecified atom stereocenters.